The number of hydrogen-bond donors (Lipinski definition) is 3. The molecule has 0 spiro atoms. The van der Waals surface area contributed by atoms with Gasteiger partial charge in [0.25, 0.3) is 11.8 Å². The highest BCUT2D eigenvalue weighted by molar-refractivity contribution is 5.96. The van der Waals surface area contributed by atoms with Gasteiger partial charge in [0.2, 0.25) is 0 Å². The van der Waals surface area contributed by atoms with Gasteiger partial charge in [0, 0.05) is 12.2 Å². The van der Waals surface area contributed by atoms with E-state index in [-0.39, 0.29) is 23.8 Å². The lowest BCUT2D eigenvalue weighted by molar-refractivity contribution is -0.123. The molecule has 2 amide bonds. The van der Waals surface area contributed by atoms with E-state index in [9.17, 15) is 9.59 Å². The number of rotatable bonds is 6. The lowest BCUT2D eigenvalue weighted by atomic mass is 10.1. The van der Waals surface area contributed by atoms with E-state index in [0.29, 0.717) is 18.2 Å². The van der Waals surface area contributed by atoms with E-state index in [2.05, 4.69) is 5.32 Å². The molecule has 1 aromatic rings. The van der Waals surface area contributed by atoms with Crippen molar-refractivity contribution >= 4 is 17.5 Å². The van der Waals surface area contributed by atoms with Gasteiger partial charge in [-0.2, -0.15) is 0 Å². The third kappa shape index (κ3) is 3.87. The normalized spacial score (nSPS) is 13.9. The number of anilines is 1. The lowest BCUT2D eigenvalue weighted by Crippen LogP contribution is -2.30. The van der Waals surface area contributed by atoms with E-state index >= 15 is 0 Å². The van der Waals surface area contributed by atoms with E-state index < -0.39 is 5.91 Å². The van der Waals surface area contributed by atoms with E-state index in [0.717, 1.165) is 0 Å². The van der Waals surface area contributed by atoms with Crippen LogP contribution in [-0.4, -0.2) is 25.0 Å². The molecule has 2 rings (SSSR count). The van der Waals surface area contributed by atoms with Gasteiger partial charge in [-0.3, -0.25) is 9.59 Å². The first kappa shape index (κ1) is 13.2. The van der Waals surface area contributed by atoms with Crippen LogP contribution in [0.2, 0.25) is 0 Å². The first-order chi connectivity index (χ1) is 9.06. The first-order valence-corrected chi connectivity index (χ1v) is 6.15. The molecule has 6 nitrogen and oxygen atoms in total. The summed E-state index contributed by atoms with van der Waals surface area (Å²) < 4.78 is 5.30. The molecule has 102 valence electrons. The number of ether oxygens (including phenoxy) is 1. The molecule has 6 heteroatoms. The molecule has 0 radical (unpaired) electrons. The predicted molar refractivity (Wildman–Crippen MR) is 70.6 cm³/mol. The van der Waals surface area contributed by atoms with Gasteiger partial charge in [-0.1, -0.05) is 0 Å². The average molecular weight is 263 g/mol. The van der Waals surface area contributed by atoms with Crippen LogP contribution in [0.5, 0.6) is 5.75 Å². The molecule has 0 aromatic heterocycles. The van der Waals surface area contributed by atoms with E-state index in [1.165, 1.54) is 25.0 Å². The summed E-state index contributed by atoms with van der Waals surface area (Å²) >= 11 is 0. The van der Waals surface area contributed by atoms with Gasteiger partial charge in [0.05, 0.1) is 5.56 Å². The number of hydrogen-bond acceptors (Lipinski definition) is 4. The summed E-state index contributed by atoms with van der Waals surface area (Å²) in [5, 5.41) is 2.77. The van der Waals surface area contributed by atoms with Crippen molar-refractivity contribution in [2.45, 2.75) is 12.8 Å². The summed E-state index contributed by atoms with van der Waals surface area (Å²) in [6, 6.07) is 4.55. The van der Waals surface area contributed by atoms with Crippen LogP contribution in [0.3, 0.4) is 0 Å². The number of nitrogens with two attached hydrogens (primary N) is 2. The molecule has 19 heavy (non-hydrogen) atoms. The lowest BCUT2D eigenvalue weighted by Gasteiger charge is -2.10. The molecule has 0 bridgehead atoms. The smallest absolute Gasteiger partial charge is 0.257 e. The van der Waals surface area contributed by atoms with Gasteiger partial charge in [-0.15, -0.1) is 0 Å². The third-order valence-electron chi connectivity index (χ3n) is 2.91. The van der Waals surface area contributed by atoms with Crippen LogP contribution in [0.4, 0.5) is 5.69 Å². The fourth-order valence-electron chi connectivity index (χ4n) is 1.64. The first-order valence-electron chi connectivity index (χ1n) is 6.15. The van der Waals surface area contributed by atoms with E-state index in [1.54, 1.807) is 6.07 Å². The molecule has 0 saturated heterocycles. The Morgan fingerprint density at radius 3 is 2.74 bits per heavy atom. The zero-order chi connectivity index (χ0) is 13.8. The van der Waals surface area contributed by atoms with Crippen LogP contribution in [0, 0.1) is 5.92 Å². The molecule has 0 aliphatic heterocycles. The van der Waals surface area contributed by atoms with Crippen LogP contribution in [0.25, 0.3) is 0 Å². The largest absolute Gasteiger partial charge is 0.483 e. The quantitative estimate of drug-likeness (QED) is 0.640. The zero-order valence-electron chi connectivity index (χ0n) is 10.5. The molecule has 1 fully saturated rings. The number of amides is 2. The Morgan fingerprint density at radius 1 is 1.37 bits per heavy atom. The molecule has 1 saturated carbocycles. The summed E-state index contributed by atoms with van der Waals surface area (Å²) in [6.07, 6.45) is 2.34. The monoisotopic (exact) mass is 263 g/mol. The minimum absolute atomic E-state index is 0.142. The van der Waals surface area contributed by atoms with Gasteiger partial charge in [-0.25, -0.2) is 0 Å². The standard InChI is InChI=1S/C13H17N3O3/c14-9-3-4-11(10(5-9)13(15)18)19-7-12(17)16-6-8-1-2-8/h3-5,8H,1-2,6-7,14H2,(H2,15,18)(H,16,17). The van der Waals surface area contributed by atoms with Crippen molar-refractivity contribution in [3.05, 3.63) is 23.8 Å². The Bertz CT molecular complexity index is 498. The number of nitrogens with one attached hydrogen (secondary N) is 1. The van der Waals surface area contributed by atoms with E-state index in [1.807, 2.05) is 0 Å². The second-order valence-electron chi connectivity index (χ2n) is 4.66. The fourth-order valence-corrected chi connectivity index (χ4v) is 1.64. The highest BCUT2D eigenvalue weighted by Crippen LogP contribution is 2.27. The molecule has 1 aliphatic rings. The predicted octanol–water partition coefficient (Wildman–Crippen LogP) is 0.273. The third-order valence-corrected chi connectivity index (χ3v) is 2.91. The maximum absolute atomic E-state index is 11.5. The van der Waals surface area contributed by atoms with Crippen LogP contribution in [0.15, 0.2) is 18.2 Å². The van der Waals surface area contributed by atoms with Gasteiger partial charge in [0.1, 0.15) is 5.75 Å². The summed E-state index contributed by atoms with van der Waals surface area (Å²) in [6.45, 7) is 0.545. The summed E-state index contributed by atoms with van der Waals surface area (Å²) in [7, 11) is 0. The van der Waals surface area contributed by atoms with Crippen molar-refractivity contribution < 1.29 is 14.3 Å². The molecule has 1 aromatic carbocycles. The zero-order valence-corrected chi connectivity index (χ0v) is 10.5. The summed E-state index contributed by atoms with van der Waals surface area (Å²) in [5.41, 5.74) is 11.4. The minimum Gasteiger partial charge on any atom is -0.483 e. The van der Waals surface area contributed by atoms with Crippen LogP contribution >= 0.6 is 0 Å². The second-order valence-corrected chi connectivity index (χ2v) is 4.66. The molecular formula is C13H17N3O3. The molecular weight excluding hydrogens is 246 g/mol. The topological polar surface area (TPSA) is 107 Å². The Morgan fingerprint density at radius 2 is 2.11 bits per heavy atom. The maximum atomic E-state index is 11.5. The van der Waals surface area contributed by atoms with Crippen molar-refractivity contribution in [1.29, 1.82) is 0 Å². The number of carbonyl (C=O) groups excluding carboxylic acids is 2. The highest BCUT2D eigenvalue weighted by atomic mass is 16.5. The van der Waals surface area contributed by atoms with Crippen molar-refractivity contribution in [2.24, 2.45) is 11.7 Å². The van der Waals surface area contributed by atoms with Gasteiger partial charge in [-0.05, 0) is 37.0 Å². The molecule has 0 heterocycles. The Labute approximate surface area is 111 Å². The van der Waals surface area contributed by atoms with Gasteiger partial charge in [0.15, 0.2) is 6.61 Å². The maximum Gasteiger partial charge on any atom is 0.257 e. The minimum atomic E-state index is -0.638. The Balaban J connectivity index is 1.90. The molecule has 0 atom stereocenters. The number of carbonyl (C=O) groups is 2. The number of primary amides is 1. The SMILES string of the molecule is NC(=O)c1cc(N)ccc1OCC(=O)NCC1CC1. The number of benzene rings is 1. The van der Waals surface area contributed by atoms with Crippen LogP contribution < -0.4 is 21.5 Å². The number of nitrogen functional groups attached to an aromatic ring is 1. The van der Waals surface area contributed by atoms with Gasteiger partial charge < -0.3 is 21.5 Å². The summed E-state index contributed by atoms with van der Waals surface area (Å²) in [5.74, 6) is 0.0322. The van der Waals surface area contributed by atoms with Crippen molar-refractivity contribution in [3.63, 3.8) is 0 Å². The Kier molecular flexibility index (Phi) is 3.89. The fraction of sp³-hybridized carbons (Fsp3) is 0.385. The van der Waals surface area contributed by atoms with Crippen molar-refractivity contribution in [3.8, 4) is 5.75 Å². The second kappa shape index (κ2) is 5.60. The van der Waals surface area contributed by atoms with Crippen LogP contribution in [-0.2, 0) is 4.79 Å². The highest BCUT2D eigenvalue weighted by Gasteiger charge is 2.21. The molecule has 5 N–H and O–H groups in total. The average Bonchev–Trinajstić information content (AvgIpc) is 3.18. The van der Waals surface area contributed by atoms with Gasteiger partial charge >= 0.3 is 0 Å². The molecule has 0 unspecified atom stereocenters. The van der Waals surface area contributed by atoms with Crippen molar-refractivity contribution in [2.75, 3.05) is 18.9 Å². The Hall–Kier alpha value is -2.24. The summed E-state index contributed by atoms with van der Waals surface area (Å²) in [4.78, 5) is 22.7. The van der Waals surface area contributed by atoms with E-state index in [4.69, 9.17) is 16.2 Å². The molecule has 1 aliphatic carbocycles. The van der Waals surface area contributed by atoms with Crippen LogP contribution in [0.1, 0.15) is 23.2 Å². The van der Waals surface area contributed by atoms with Crippen molar-refractivity contribution in [1.82, 2.24) is 5.32 Å².